The van der Waals surface area contributed by atoms with Crippen molar-refractivity contribution in [3.8, 4) is 10.6 Å². The fourth-order valence-corrected chi connectivity index (χ4v) is 3.75. The van der Waals surface area contributed by atoms with Gasteiger partial charge >= 0.3 is 0 Å². The number of aromatic nitrogens is 2. The lowest BCUT2D eigenvalue weighted by molar-refractivity contribution is 0.0753. The van der Waals surface area contributed by atoms with Crippen molar-refractivity contribution in [1.29, 1.82) is 0 Å². The molecule has 1 aliphatic heterocycles. The van der Waals surface area contributed by atoms with Gasteiger partial charge in [-0.15, -0.1) is 11.3 Å². The van der Waals surface area contributed by atoms with Crippen LogP contribution in [0.2, 0.25) is 0 Å². The van der Waals surface area contributed by atoms with Gasteiger partial charge in [-0.25, -0.2) is 0 Å². The van der Waals surface area contributed by atoms with Gasteiger partial charge in [0.05, 0.1) is 17.2 Å². The van der Waals surface area contributed by atoms with E-state index in [1.54, 1.807) is 18.4 Å². The maximum atomic E-state index is 12.7. The standard InChI is InChI=1S/C17H24N4O2S/c1-13-4-5-16(24-13)14-12-15(19-18-14)17(22)21-7-3-6-20(8-9-21)10-11-23-2/h4-5,12H,3,6-11H2,1-2H3,(H,18,19). The molecule has 24 heavy (non-hydrogen) atoms. The summed E-state index contributed by atoms with van der Waals surface area (Å²) in [6, 6.07) is 5.99. The van der Waals surface area contributed by atoms with Crippen LogP contribution in [-0.2, 0) is 4.74 Å². The Morgan fingerprint density at radius 1 is 1.33 bits per heavy atom. The van der Waals surface area contributed by atoms with Gasteiger partial charge in [-0.1, -0.05) is 0 Å². The Balaban J connectivity index is 1.63. The normalized spacial score (nSPS) is 16.3. The van der Waals surface area contributed by atoms with Crippen LogP contribution in [-0.4, -0.2) is 72.3 Å². The minimum atomic E-state index is 0.0133. The molecule has 3 rings (SSSR count). The van der Waals surface area contributed by atoms with Gasteiger partial charge in [-0.3, -0.25) is 14.8 Å². The largest absolute Gasteiger partial charge is 0.383 e. The summed E-state index contributed by atoms with van der Waals surface area (Å²) in [5.74, 6) is 0.0133. The number of thiophene rings is 1. The Morgan fingerprint density at radius 3 is 2.96 bits per heavy atom. The van der Waals surface area contributed by atoms with E-state index in [0.717, 1.165) is 56.3 Å². The van der Waals surface area contributed by atoms with Gasteiger partial charge in [0.1, 0.15) is 0 Å². The van der Waals surface area contributed by atoms with E-state index >= 15 is 0 Å². The second-order valence-corrected chi connectivity index (χ2v) is 7.35. The second kappa shape index (κ2) is 7.92. The third-order valence-corrected chi connectivity index (χ3v) is 5.32. The molecule has 1 saturated heterocycles. The van der Waals surface area contributed by atoms with E-state index in [1.165, 1.54) is 4.88 Å². The summed E-state index contributed by atoms with van der Waals surface area (Å²) < 4.78 is 5.14. The predicted molar refractivity (Wildman–Crippen MR) is 95.5 cm³/mol. The minimum absolute atomic E-state index is 0.0133. The number of amides is 1. The highest BCUT2D eigenvalue weighted by Crippen LogP contribution is 2.26. The lowest BCUT2D eigenvalue weighted by Crippen LogP contribution is -2.36. The molecule has 0 unspecified atom stereocenters. The molecule has 0 radical (unpaired) electrons. The average Bonchev–Trinajstić information content (AvgIpc) is 3.16. The summed E-state index contributed by atoms with van der Waals surface area (Å²) in [7, 11) is 1.72. The first kappa shape index (κ1) is 17.1. The molecule has 1 aliphatic rings. The summed E-state index contributed by atoms with van der Waals surface area (Å²) in [6.45, 7) is 7.14. The second-order valence-electron chi connectivity index (χ2n) is 6.06. The van der Waals surface area contributed by atoms with Gasteiger partial charge in [0.15, 0.2) is 5.69 Å². The molecule has 1 fully saturated rings. The SMILES string of the molecule is COCCN1CCCN(C(=O)c2cc(-c3ccc(C)s3)[nH]n2)CC1. The first-order valence-electron chi connectivity index (χ1n) is 8.30. The predicted octanol–water partition coefficient (Wildman–Crippen LogP) is 2.24. The van der Waals surface area contributed by atoms with Crippen molar-refractivity contribution in [3.63, 3.8) is 0 Å². The van der Waals surface area contributed by atoms with Crippen LogP contribution in [0.15, 0.2) is 18.2 Å². The molecule has 6 nitrogen and oxygen atoms in total. The number of rotatable bonds is 5. The van der Waals surface area contributed by atoms with Crippen molar-refractivity contribution in [2.75, 3.05) is 46.4 Å². The third kappa shape index (κ3) is 4.03. The molecule has 1 amide bonds. The first-order chi connectivity index (χ1) is 11.7. The summed E-state index contributed by atoms with van der Waals surface area (Å²) in [6.07, 6.45) is 0.983. The van der Waals surface area contributed by atoms with Gasteiger partial charge in [0.2, 0.25) is 0 Å². The smallest absolute Gasteiger partial charge is 0.274 e. The number of hydrogen-bond donors (Lipinski definition) is 1. The molecule has 1 N–H and O–H groups in total. The maximum Gasteiger partial charge on any atom is 0.274 e. The molecule has 0 saturated carbocycles. The number of aromatic amines is 1. The number of aryl methyl sites for hydroxylation is 1. The van der Waals surface area contributed by atoms with E-state index in [0.29, 0.717) is 5.69 Å². The van der Waals surface area contributed by atoms with E-state index < -0.39 is 0 Å². The van der Waals surface area contributed by atoms with Crippen LogP contribution in [0.5, 0.6) is 0 Å². The highest BCUT2D eigenvalue weighted by atomic mass is 32.1. The summed E-state index contributed by atoms with van der Waals surface area (Å²) in [4.78, 5) is 19.3. The first-order valence-corrected chi connectivity index (χ1v) is 9.12. The van der Waals surface area contributed by atoms with E-state index in [4.69, 9.17) is 4.74 Å². The van der Waals surface area contributed by atoms with Crippen molar-refractivity contribution < 1.29 is 9.53 Å². The molecule has 3 heterocycles. The Labute approximate surface area is 146 Å². The zero-order chi connectivity index (χ0) is 16.9. The summed E-state index contributed by atoms with van der Waals surface area (Å²) in [5, 5.41) is 7.23. The van der Waals surface area contributed by atoms with Gasteiger partial charge in [0, 0.05) is 38.2 Å². The zero-order valence-corrected chi connectivity index (χ0v) is 15.1. The van der Waals surface area contributed by atoms with Crippen LogP contribution in [0.3, 0.4) is 0 Å². The minimum Gasteiger partial charge on any atom is -0.383 e. The quantitative estimate of drug-likeness (QED) is 0.900. The molecule has 7 heteroatoms. The highest BCUT2D eigenvalue weighted by molar-refractivity contribution is 7.15. The number of nitrogens with zero attached hydrogens (tertiary/aromatic N) is 3. The van der Waals surface area contributed by atoms with Crippen molar-refractivity contribution in [2.24, 2.45) is 0 Å². The topological polar surface area (TPSA) is 61.5 Å². The van der Waals surface area contributed by atoms with Crippen LogP contribution in [0.25, 0.3) is 10.6 Å². The molecule has 0 atom stereocenters. The Morgan fingerprint density at radius 2 is 2.21 bits per heavy atom. The van der Waals surface area contributed by atoms with Gasteiger partial charge in [-0.05, 0) is 38.1 Å². The summed E-state index contributed by atoms with van der Waals surface area (Å²) >= 11 is 1.70. The molecule has 0 aliphatic carbocycles. The van der Waals surface area contributed by atoms with Crippen LogP contribution >= 0.6 is 11.3 Å². The fourth-order valence-electron chi connectivity index (χ4n) is 2.92. The molecule has 0 spiro atoms. The van der Waals surface area contributed by atoms with Crippen molar-refractivity contribution in [1.82, 2.24) is 20.0 Å². The van der Waals surface area contributed by atoms with E-state index in [1.807, 2.05) is 11.0 Å². The molecule has 2 aromatic heterocycles. The van der Waals surface area contributed by atoms with Gasteiger partial charge < -0.3 is 9.64 Å². The molecule has 130 valence electrons. The van der Waals surface area contributed by atoms with Gasteiger partial charge in [-0.2, -0.15) is 5.10 Å². The summed E-state index contributed by atoms with van der Waals surface area (Å²) in [5.41, 5.74) is 1.41. The van der Waals surface area contributed by atoms with Crippen molar-refractivity contribution in [2.45, 2.75) is 13.3 Å². The number of ether oxygens (including phenoxy) is 1. The monoisotopic (exact) mass is 348 g/mol. The molecule has 0 bridgehead atoms. The van der Waals surface area contributed by atoms with E-state index in [9.17, 15) is 4.79 Å². The van der Waals surface area contributed by atoms with Gasteiger partial charge in [0.25, 0.3) is 5.91 Å². The lowest BCUT2D eigenvalue weighted by atomic mass is 10.2. The lowest BCUT2D eigenvalue weighted by Gasteiger charge is -2.21. The number of carbonyl (C=O) groups is 1. The average molecular weight is 348 g/mol. The molecular weight excluding hydrogens is 324 g/mol. The Bertz CT molecular complexity index is 682. The number of nitrogens with one attached hydrogen (secondary N) is 1. The third-order valence-electron chi connectivity index (χ3n) is 4.29. The van der Waals surface area contributed by atoms with E-state index in [2.05, 4.69) is 34.2 Å². The van der Waals surface area contributed by atoms with Crippen LogP contribution in [0, 0.1) is 6.92 Å². The molecular formula is C17H24N4O2S. The maximum absolute atomic E-state index is 12.7. The van der Waals surface area contributed by atoms with Crippen LogP contribution in [0.1, 0.15) is 21.8 Å². The highest BCUT2D eigenvalue weighted by Gasteiger charge is 2.22. The van der Waals surface area contributed by atoms with Crippen LogP contribution in [0.4, 0.5) is 0 Å². The number of carbonyl (C=O) groups excluding carboxylic acids is 1. The fraction of sp³-hybridized carbons (Fsp3) is 0.529. The van der Waals surface area contributed by atoms with E-state index in [-0.39, 0.29) is 5.91 Å². The van der Waals surface area contributed by atoms with Crippen LogP contribution < -0.4 is 0 Å². The number of hydrogen-bond acceptors (Lipinski definition) is 5. The Hall–Kier alpha value is -1.70. The van der Waals surface area contributed by atoms with Crippen molar-refractivity contribution >= 4 is 17.2 Å². The number of methoxy groups -OCH3 is 1. The zero-order valence-electron chi connectivity index (χ0n) is 14.2. The van der Waals surface area contributed by atoms with Crippen molar-refractivity contribution in [3.05, 3.63) is 28.8 Å². The number of H-pyrrole nitrogens is 1. The molecule has 2 aromatic rings. The Kier molecular flexibility index (Phi) is 5.65. The molecule has 0 aromatic carbocycles.